The fraction of sp³-hybridized carbons (Fsp3) is 0.182. The quantitative estimate of drug-likeness (QED) is 0.363. The SMILES string of the molecule is ON=C1CCCc2ccc(-c3ccc4cnn(-c5cccc(C(F)(F)F)n5)c4c3)nc21. The molecule has 0 bridgehead atoms. The zero-order valence-electron chi connectivity index (χ0n) is 16.1. The second-order valence-electron chi connectivity index (χ2n) is 7.31. The summed E-state index contributed by atoms with van der Waals surface area (Å²) in [6.07, 6.45) is -0.523. The van der Waals surface area contributed by atoms with E-state index in [1.807, 2.05) is 30.3 Å². The van der Waals surface area contributed by atoms with Crippen molar-refractivity contribution in [3.8, 4) is 17.1 Å². The Morgan fingerprint density at radius 2 is 1.87 bits per heavy atom. The molecule has 0 unspecified atom stereocenters. The molecule has 6 nitrogen and oxygen atoms in total. The minimum Gasteiger partial charge on any atom is -0.411 e. The normalized spacial score (nSPS) is 15.4. The largest absolute Gasteiger partial charge is 0.433 e. The van der Waals surface area contributed by atoms with Gasteiger partial charge in [-0.3, -0.25) is 0 Å². The van der Waals surface area contributed by atoms with E-state index in [1.54, 1.807) is 6.20 Å². The van der Waals surface area contributed by atoms with Crippen molar-refractivity contribution in [2.45, 2.75) is 25.4 Å². The van der Waals surface area contributed by atoms with Gasteiger partial charge in [-0.05, 0) is 49.1 Å². The number of halogens is 3. The maximum absolute atomic E-state index is 13.1. The van der Waals surface area contributed by atoms with Gasteiger partial charge in [0.25, 0.3) is 0 Å². The molecule has 0 atom stereocenters. The molecule has 1 aliphatic rings. The van der Waals surface area contributed by atoms with Gasteiger partial charge in [0.2, 0.25) is 0 Å². The van der Waals surface area contributed by atoms with Gasteiger partial charge >= 0.3 is 6.18 Å². The van der Waals surface area contributed by atoms with E-state index in [-0.39, 0.29) is 5.82 Å². The van der Waals surface area contributed by atoms with Crippen molar-refractivity contribution in [2.24, 2.45) is 5.16 Å². The van der Waals surface area contributed by atoms with Crippen LogP contribution in [0, 0.1) is 0 Å². The summed E-state index contributed by atoms with van der Waals surface area (Å²) in [5, 5.41) is 17.7. The molecule has 0 saturated carbocycles. The van der Waals surface area contributed by atoms with Gasteiger partial charge in [-0.15, -0.1) is 0 Å². The molecule has 0 aliphatic heterocycles. The number of fused-ring (bicyclic) bond motifs is 2. The number of hydrogen-bond donors (Lipinski definition) is 1. The number of aryl methyl sites for hydroxylation is 1. The minimum absolute atomic E-state index is 0.0788. The van der Waals surface area contributed by atoms with Crippen LogP contribution in [-0.2, 0) is 12.6 Å². The summed E-state index contributed by atoms with van der Waals surface area (Å²) in [6, 6.07) is 13.1. The monoisotopic (exact) mass is 423 g/mol. The summed E-state index contributed by atoms with van der Waals surface area (Å²) in [5.74, 6) is 0.0788. The Kier molecular flexibility index (Phi) is 4.46. The summed E-state index contributed by atoms with van der Waals surface area (Å²) in [6.45, 7) is 0. The number of rotatable bonds is 2. The van der Waals surface area contributed by atoms with Gasteiger partial charge in [0.05, 0.1) is 23.1 Å². The smallest absolute Gasteiger partial charge is 0.411 e. The van der Waals surface area contributed by atoms with Crippen LogP contribution in [-0.4, -0.2) is 30.7 Å². The van der Waals surface area contributed by atoms with Crippen molar-refractivity contribution in [3.63, 3.8) is 0 Å². The molecule has 9 heteroatoms. The number of oxime groups is 1. The van der Waals surface area contributed by atoms with Crippen molar-refractivity contribution in [3.05, 3.63) is 71.7 Å². The molecule has 1 N–H and O–H groups in total. The predicted molar refractivity (Wildman–Crippen MR) is 108 cm³/mol. The van der Waals surface area contributed by atoms with Gasteiger partial charge in [-0.1, -0.05) is 29.4 Å². The Hall–Kier alpha value is -3.75. The average molecular weight is 423 g/mol. The zero-order chi connectivity index (χ0) is 21.6. The minimum atomic E-state index is -4.54. The molecule has 3 aromatic heterocycles. The van der Waals surface area contributed by atoms with E-state index in [0.717, 1.165) is 35.4 Å². The van der Waals surface area contributed by atoms with Crippen molar-refractivity contribution >= 4 is 16.6 Å². The summed E-state index contributed by atoms with van der Waals surface area (Å²) in [7, 11) is 0. The van der Waals surface area contributed by atoms with Crippen LogP contribution < -0.4 is 0 Å². The number of pyridine rings is 2. The molecule has 156 valence electrons. The Morgan fingerprint density at radius 1 is 1.00 bits per heavy atom. The topological polar surface area (TPSA) is 76.2 Å². The fourth-order valence-electron chi connectivity index (χ4n) is 3.82. The molecule has 1 aliphatic carbocycles. The molecular weight excluding hydrogens is 407 g/mol. The molecule has 31 heavy (non-hydrogen) atoms. The highest BCUT2D eigenvalue weighted by atomic mass is 19.4. The molecular formula is C22H16F3N5O. The number of hydrogen-bond acceptors (Lipinski definition) is 5. The van der Waals surface area contributed by atoms with Crippen LogP contribution in [0.15, 0.2) is 59.9 Å². The lowest BCUT2D eigenvalue weighted by molar-refractivity contribution is -0.141. The highest BCUT2D eigenvalue weighted by Crippen LogP contribution is 2.30. The number of aromatic nitrogens is 4. The Balaban J connectivity index is 1.61. The summed E-state index contributed by atoms with van der Waals surface area (Å²) < 4.78 is 40.6. The van der Waals surface area contributed by atoms with Gasteiger partial charge < -0.3 is 5.21 Å². The lowest BCUT2D eigenvalue weighted by Gasteiger charge is -2.16. The molecule has 4 aromatic rings. The number of benzene rings is 1. The third-order valence-corrected chi connectivity index (χ3v) is 5.34. The highest BCUT2D eigenvalue weighted by molar-refractivity contribution is 6.01. The Morgan fingerprint density at radius 3 is 2.68 bits per heavy atom. The first-order valence-electron chi connectivity index (χ1n) is 9.68. The van der Waals surface area contributed by atoms with E-state index in [0.29, 0.717) is 29.0 Å². The Bertz CT molecular complexity index is 1330. The maximum Gasteiger partial charge on any atom is 0.433 e. The highest BCUT2D eigenvalue weighted by Gasteiger charge is 2.32. The first kappa shape index (κ1) is 19.2. The molecule has 0 amide bonds. The van der Waals surface area contributed by atoms with Gasteiger partial charge in [-0.25, -0.2) is 14.6 Å². The Labute approximate surface area is 174 Å². The second-order valence-corrected chi connectivity index (χ2v) is 7.31. The molecule has 5 rings (SSSR count). The molecule has 3 heterocycles. The zero-order valence-corrected chi connectivity index (χ0v) is 16.1. The van der Waals surface area contributed by atoms with Crippen LogP contribution in [0.2, 0.25) is 0 Å². The van der Waals surface area contributed by atoms with Crippen LogP contribution in [0.5, 0.6) is 0 Å². The van der Waals surface area contributed by atoms with E-state index in [4.69, 9.17) is 4.98 Å². The average Bonchev–Trinajstić information content (AvgIpc) is 3.21. The van der Waals surface area contributed by atoms with E-state index < -0.39 is 11.9 Å². The molecule has 0 saturated heterocycles. The van der Waals surface area contributed by atoms with E-state index >= 15 is 0 Å². The van der Waals surface area contributed by atoms with Crippen LogP contribution in [0.25, 0.3) is 28.0 Å². The number of nitrogens with zero attached hydrogens (tertiary/aromatic N) is 5. The van der Waals surface area contributed by atoms with E-state index in [1.165, 1.54) is 16.8 Å². The third kappa shape index (κ3) is 3.41. The van der Waals surface area contributed by atoms with Gasteiger partial charge in [0.15, 0.2) is 5.82 Å². The van der Waals surface area contributed by atoms with Crippen LogP contribution >= 0.6 is 0 Å². The summed E-state index contributed by atoms with van der Waals surface area (Å²) in [5.41, 5.74) is 3.35. The van der Waals surface area contributed by atoms with Crippen molar-refractivity contribution in [1.82, 2.24) is 19.7 Å². The van der Waals surface area contributed by atoms with Crippen molar-refractivity contribution < 1.29 is 18.4 Å². The lowest BCUT2D eigenvalue weighted by Crippen LogP contribution is -2.14. The molecule has 0 radical (unpaired) electrons. The van der Waals surface area contributed by atoms with E-state index in [2.05, 4.69) is 15.2 Å². The van der Waals surface area contributed by atoms with Gasteiger partial charge in [0.1, 0.15) is 11.4 Å². The predicted octanol–water partition coefficient (Wildman–Crippen LogP) is 5.02. The van der Waals surface area contributed by atoms with Crippen molar-refractivity contribution in [2.75, 3.05) is 0 Å². The molecule has 1 aromatic carbocycles. The van der Waals surface area contributed by atoms with Gasteiger partial charge in [-0.2, -0.15) is 18.3 Å². The summed E-state index contributed by atoms with van der Waals surface area (Å²) in [4.78, 5) is 8.42. The lowest BCUT2D eigenvalue weighted by atomic mass is 9.93. The fourth-order valence-corrected chi connectivity index (χ4v) is 3.82. The standard InChI is InChI=1S/C22H16F3N5O/c23-22(24,25)19-5-2-6-20(28-19)30-18-11-14(7-8-15(18)12-26-30)16-10-9-13-3-1-4-17(29-31)21(13)27-16/h2,5-12,31H,1,3-4H2. The van der Waals surface area contributed by atoms with Crippen LogP contribution in [0.1, 0.15) is 29.8 Å². The first-order valence-corrected chi connectivity index (χ1v) is 9.68. The van der Waals surface area contributed by atoms with Gasteiger partial charge in [0, 0.05) is 10.9 Å². The van der Waals surface area contributed by atoms with Crippen LogP contribution in [0.3, 0.4) is 0 Å². The third-order valence-electron chi connectivity index (χ3n) is 5.34. The summed E-state index contributed by atoms with van der Waals surface area (Å²) >= 11 is 0. The number of alkyl halides is 3. The molecule has 0 fully saturated rings. The van der Waals surface area contributed by atoms with Crippen molar-refractivity contribution in [1.29, 1.82) is 0 Å². The second kappa shape index (κ2) is 7.19. The maximum atomic E-state index is 13.1. The van der Waals surface area contributed by atoms with E-state index in [9.17, 15) is 18.4 Å². The van der Waals surface area contributed by atoms with Crippen LogP contribution in [0.4, 0.5) is 13.2 Å². The first-order chi connectivity index (χ1) is 14.9. The molecule has 0 spiro atoms.